The summed E-state index contributed by atoms with van der Waals surface area (Å²) in [4.78, 5) is 27.3. The third-order valence-corrected chi connectivity index (χ3v) is 5.50. The van der Waals surface area contributed by atoms with E-state index in [1.807, 2.05) is 48.2 Å². The number of nitrogens with zero attached hydrogens (tertiary/aromatic N) is 4. The summed E-state index contributed by atoms with van der Waals surface area (Å²) in [6, 6.07) is 11.7. The summed E-state index contributed by atoms with van der Waals surface area (Å²) < 4.78 is 7.44. The maximum Gasteiger partial charge on any atom is 0.270 e. The van der Waals surface area contributed by atoms with E-state index in [1.165, 1.54) is 0 Å². The van der Waals surface area contributed by atoms with Crippen molar-refractivity contribution in [3.8, 4) is 5.75 Å². The number of pyridine rings is 1. The van der Waals surface area contributed by atoms with Crippen LogP contribution in [-0.2, 0) is 0 Å². The second-order valence-electron chi connectivity index (χ2n) is 7.21. The predicted octanol–water partition coefficient (Wildman–Crippen LogP) is 3.32. The number of amides is 1. The van der Waals surface area contributed by atoms with Crippen LogP contribution < -0.4 is 4.74 Å². The maximum atomic E-state index is 13.1. The Hall–Kier alpha value is -3.35. The van der Waals surface area contributed by atoms with Crippen molar-refractivity contribution < 1.29 is 9.53 Å². The largest absolute Gasteiger partial charge is 0.497 e. The van der Waals surface area contributed by atoms with Crippen molar-refractivity contribution in [3.63, 3.8) is 0 Å². The topological polar surface area (TPSA) is 76.0 Å². The first-order valence-corrected chi connectivity index (χ1v) is 9.39. The fourth-order valence-corrected chi connectivity index (χ4v) is 4.14. The number of aryl methyl sites for hydroxylation is 1. The predicted molar refractivity (Wildman–Crippen MR) is 107 cm³/mol. The van der Waals surface area contributed by atoms with Crippen LogP contribution in [0, 0.1) is 6.92 Å². The van der Waals surface area contributed by atoms with Crippen molar-refractivity contribution in [2.24, 2.45) is 0 Å². The van der Waals surface area contributed by atoms with Crippen molar-refractivity contribution in [2.45, 2.75) is 19.4 Å². The summed E-state index contributed by atoms with van der Waals surface area (Å²) >= 11 is 0. The van der Waals surface area contributed by atoms with E-state index >= 15 is 0 Å². The summed E-state index contributed by atoms with van der Waals surface area (Å²) in [6.45, 7) is 3.37. The fourth-order valence-electron chi connectivity index (χ4n) is 4.14. The number of aromatic nitrogens is 4. The molecule has 1 amide bonds. The molecule has 1 atom stereocenters. The van der Waals surface area contributed by atoms with Crippen LogP contribution in [0.2, 0.25) is 0 Å². The molecule has 0 bridgehead atoms. The molecule has 0 aliphatic carbocycles. The molecular weight excluding hydrogens is 354 g/mol. The Morgan fingerprint density at radius 1 is 1.29 bits per heavy atom. The highest BCUT2D eigenvalue weighted by atomic mass is 16.5. The number of benzene rings is 1. The highest BCUT2D eigenvalue weighted by molar-refractivity contribution is 5.98. The number of methoxy groups -OCH3 is 1. The van der Waals surface area contributed by atoms with Gasteiger partial charge in [-0.15, -0.1) is 0 Å². The lowest BCUT2D eigenvalue weighted by atomic mass is 10.2. The SMILES string of the molecule is COc1ccc2[nH]c(C(=O)N3CCC(n4c(C)nc5cccnc54)C3)cc2c1. The van der Waals surface area contributed by atoms with E-state index in [0.29, 0.717) is 18.8 Å². The van der Waals surface area contributed by atoms with Gasteiger partial charge in [0.1, 0.15) is 22.8 Å². The van der Waals surface area contributed by atoms with Crippen LogP contribution in [0.5, 0.6) is 5.75 Å². The van der Waals surface area contributed by atoms with Crippen LogP contribution >= 0.6 is 0 Å². The Morgan fingerprint density at radius 2 is 2.18 bits per heavy atom. The van der Waals surface area contributed by atoms with Gasteiger partial charge in [-0.25, -0.2) is 9.97 Å². The van der Waals surface area contributed by atoms with Gasteiger partial charge < -0.3 is 19.2 Å². The summed E-state index contributed by atoms with van der Waals surface area (Å²) in [5.41, 5.74) is 3.32. The minimum absolute atomic E-state index is 0.0210. The molecule has 7 nitrogen and oxygen atoms in total. The van der Waals surface area contributed by atoms with Gasteiger partial charge in [0.2, 0.25) is 0 Å². The zero-order valence-corrected chi connectivity index (χ0v) is 15.8. The normalized spacial score (nSPS) is 16.9. The number of carbonyl (C=O) groups excluding carboxylic acids is 1. The lowest BCUT2D eigenvalue weighted by Crippen LogP contribution is -2.29. The number of imidazole rings is 1. The molecule has 4 aromatic rings. The van der Waals surface area contributed by atoms with Crippen molar-refractivity contribution in [3.05, 3.63) is 54.1 Å². The van der Waals surface area contributed by atoms with Crippen LogP contribution in [0.1, 0.15) is 28.8 Å². The van der Waals surface area contributed by atoms with Gasteiger partial charge in [0, 0.05) is 30.2 Å². The van der Waals surface area contributed by atoms with Gasteiger partial charge in [-0.1, -0.05) is 0 Å². The number of aromatic amines is 1. The molecule has 0 saturated carbocycles. The summed E-state index contributed by atoms with van der Waals surface area (Å²) in [5.74, 6) is 1.74. The lowest BCUT2D eigenvalue weighted by molar-refractivity contribution is 0.0783. The second-order valence-corrected chi connectivity index (χ2v) is 7.21. The highest BCUT2D eigenvalue weighted by Crippen LogP contribution is 2.29. The quantitative estimate of drug-likeness (QED) is 0.596. The molecule has 1 saturated heterocycles. The summed E-state index contributed by atoms with van der Waals surface area (Å²) in [5, 5.41) is 0.971. The van der Waals surface area contributed by atoms with E-state index < -0.39 is 0 Å². The maximum absolute atomic E-state index is 13.1. The van der Waals surface area contributed by atoms with Gasteiger partial charge in [0.05, 0.1) is 13.2 Å². The fraction of sp³-hybridized carbons (Fsp3) is 0.286. The summed E-state index contributed by atoms with van der Waals surface area (Å²) in [7, 11) is 1.64. The van der Waals surface area contributed by atoms with Crippen LogP contribution in [0.25, 0.3) is 22.1 Å². The minimum Gasteiger partial charge on any atom is -0.497 e. The number of hydrogen-bond acceptors (Lipinski definition) is 4. The number of ether oxygens (including phenoxy) is 1. The van der Waals surface area contributed by atoms with E-state index in [0.717, 1.165) is 40.1 Å². The molecule has 1 unspecified atom stereocenters. The Labute approximate surface area is 162 Å². The number of nitrogens with one attached hydrogen (secondary N) is 1. The first kappa shape index (κ1) is 16.8. The monoisotopic (exact) mass is 375 g/mol. The van der Waals surface area contributed by atoms with E-state index in [4.69, 9.17) is 4.74 Å². The molecule has 0 radical (unpaired) electrons. The molecule has 1 aromatic carbocycles. The Balaban J connectivity index is 1.41. The van der Waals surface area contributed by atoms with Crippen molar-refractivity contribution in [2.75, 3.05) is 20.2 Å². The molecular formula is C21H21N5O2. The Morgan fingerprint density at radius 3 is 3.04 bits per heavy atom. The van der Waals surface area contributed by atoms with Crippen LogP contribution in [-0.4, -0.2) is 50.5 Å². The number of fused-ring (bicyclic) bond motifs is 2. The first-order valence-electron chi connectivity index (χ1n) is 9.39. The van der Waals surface area contributed by atoms with Gasteiger partial charge >= 0.3 is 0 Å². The number of carbonyl (C=O) groups is 1. The van der Waals surface area contributed by atoms with E-state index in [9.17, 15) is 4.79 Å². The second kappa shape index (κ2) is 6.37. The van der Waals surface area contributed by atoms with Gasteiger partial charge in [-0.2, -0.15) is 0 Å². The zero-order valence-electron chi connectivity index (χ0n) is 15.8. The third-order valence-electron chi connectivity index (χ3n) is 5.50. The average Bonchev–Trinajstić information content (AvgIpc) is 3.42. The molecule has 142 valence electrons. The number of rotatable bonds is 3. The molecule has 1 aliphatic heterocycles. The molecule has 5 rings (SSSR count). The third kappa shape index (κ3) is 2.62. The highest BCUT2D eigenvalue weighted by Gasteiger charge is 2.30. The van der Waals surface area contributed by atoms with Crippen LogP contribution in [0.4, 0.5) is 0 Å². The number of hydrogen-bond donors (Lipinski definition) is 1. The van der Waals surface area contributed by atoms with Gasteiger partial charge in [-0.3, -0.25) is 4.79 Å². The molecule has 28 heavy (non-hydrogen) atoms. The lowest BCUT2D eigenvalue weighted by Gasteiger charge is -2.17. The van der Waals surface area contributed by atoms with E-state index in [2.05, 4.69) is 19.5 Å². The first-order chi connectivity index (χ1) is 13.6. The van der Waals surface area contributed by atoms with Crippen LogP contribution in [0.3, 0.4) is 0 Å². The van der Waals surface area contributed by atoms with Crippen molar-refractivity contribution in [1.82, 2.24) is 24.4 Å². The minimum atomic E-state index is 0.0210. The van der Waals surface area contributed by atoms with Gasteiger partial charge in [-0.05, 0) is 49.7 Å². The molecule has 0 spiro atoms. The van der Waals surface area contributed by atoms with Crippen LogP contribution in [0.15, 0.2) is 42.6 Å². The molecule has 1 aliphatic rings. The van der Waals surface area contributed by atoms with Gasteiger partial charge in [0.15, 0.2) is 5.65 Å². The standard InChI is InChI=1S/C21H21N5O2/c1-13-23-18-4-3-8-22-20(18)26(13)15-7-9-25(12-15)21(27)19-11-14-10-16(28-2)5-6-17(14)24-19/h3-6,8,10-11,15,24H,7,9,12H2,1-2H3. The molecule has 4 heterocycles. The Bertz CT molecular complexity index is 1190. The average molecular weight is 375 g/mol. The molecule has 1 N–H and O–H groups in total. The molecule has 3 aromatic heterocycles. The van der Waals surface area contributed by atoms with E-state index in [1.54, 1.807) is 13.3 Å². The summed E-state index contributed by atoms with van der Waals surface area (Å²) in [6.07, 6.45) is 2.68. The number of H-pyrrole nitrogens is 1. The zero-order chi connectivity index (χ0) is 19.3. The molecule has 1 fully saturated rings. The molecule has 7 heteroatoms. The number of likely N-dealkylation sites (tertiary alicyclic amines) is 1. The smallest absolute Gasteiger partial charge is 0.270 e. The van der Waals surface area contributed by atoms with E-state index in [-0.39, 0.29) is 11.9 Å². The van der Waals surface area contributed by atoms with Gasteiger partial charge in [0.25, 0.3) is 5.91 Å². The van der Waals surface area contributed by atoms with Crippen molar-refractivity contribution >= 4 is 28.0 Å². The Kier molecular flexibility index (Phi) is 3.82. The van der Waals surface area contributed by atoms with Crippen molar-refractivity contribution in [1.29, 1.82) is 0 Å².